The Morgan fingerprint density at radius 1 is 1.17 bits per heavy atom. The monoisotopic (exact) mass is 390 g/mol. The molecule has 1 atom stereocenters. The number of aryl methyl sites for hydroxylation is 1. The predicted octanol–water partition coefficient (Wildman–Crippen LogP) is 2.00. The Morgan fingerprint density at radius 2 is 2.03 bits per heavy atom. The van der Waals surface area contributed by atoms with Crippen molar-refractivity contribution in [3.8, 4) is 0 Å². The molecular formula is C21H22N6O2. The number of aromatic nitrogens is 3. The molecule has 0 radical (unpaired) electrons. The molecule has 0 unspecified atom stereocenters. The molecule has 1 saturated heterocycles. The number of pyridine rings is 1. The molecule has 2 aliphatic heterocycles. The predicted molar refractivity (Wildman–Crippen MR) is 113 cm³/mol. The van der Waals surface area contributed by atoms with Crippen molar-refractivity contribution in [2.45, 2.75) is 18.9 Å². The van der Waals surface area contributed by atoms with Crippen LogP contribution in [-0.4, -0.2) is 46.6 Å². The highest BCUT2D eigenvalue weighted by atomic mass is 16.2. The molecule has 8 heteroatoms. The van der Waals surface area contributed by atoms with Gasteiger partial charge in [0, 0.05) is 56.4 Å². The summed E-state index contributed by atoms with van der Waals surface area (Å²) in [5.41, 5.74) is 1.17. The van der Waals surface area contributed by atoms with Crippen LogP contribution < -0.4 is 20.7 Å². The van der Waals surface area contributed by atoms with E-state index in [9.17, 15) is 9.59 Å². The number of benzene rings is 1. The standard InChI is InChI=1S/C21H22N6O2/c1-22-21-23-11-16-18(24-21)26-9-4-5-13(26)12-27(20(16)29)17-7-3-6-15-14(17)8-10-25(2)19(15)28/h3,6-8,10-11,13H,4-5,9,12H2,1-2H3,(H,22,23,24)/t13-/m0/s1. The van der Waals surface area contributed by atoms with Crippen LogP contribution in [0, 0.1) is 0 Å². The lowest BCUT2D eigenvalue weighted by molar-refractivity contribution is 0.0988. The second-order valence-electron chi connectivity index (χ2n) is 7.56. The van der Waals surface area contributed by atoms with E-state index in [1.807, 2.05) is 24.3 Å². The van der Waals surface area contributed by atoms with Crippen molar-refractivity contribution < 1.29 is 4.79 Å². The number of nitrogens with zero attached hydrogens (tertiary/aromatic N) is 5. The molecule has 1 aromatic carbocycles. The maximum absolute atomic E-state index is 13.6. The van der Waals surface area contributed by atoms with Gasteiger partial charge in [-0.25, -0.2) is 4.98 Å². The van der Waals surface area contributed by atoms with Crippen LogP contribution in [0.3, 0.4) is 0 Å². The van der Waals surface area contributed by atoms with Crippen LogP contribution in [0.5, 0.6) is 0 Å². The summed E-state index contributed by atoms with van der Waals surface area (Å²) in [4.78, 5) is 39.1. The van der Waals surface area contributed by atoms with E-state index >= 15 is 0 Å². The van der Waals surface area contributed by atoms with Crippen molar-refractivity contribution in [1.29, 1.82) is 0 Å². The average Bonchev–Trinajstić information content (AvgIpc) is 3.17. The van der Waals surface area contributed by atoms with Crippen molar-refractivity contribution in [1.82, 2.24) is 14.5 Å². The lowest BCUT2D eigenvalue weighted by atomic mass is 10.1. The Hall–Kier alpha value is -3.42. The van der Waals surface area contributed by atoms with Crippen LogP contribution in [0.1, 0.15) is 23.2 Å². The summed E-state index contributed by atoms with van der Waals surface area (Å²) < 4.78 is 1.55. The first kappa shape index (κ1) is 17.7. The lowest BCUT2D eigenvalue weighted by Crippen LogP contribution is -2.40. The first-order valence-corrected chi connectivity index (χ1v) is 9.80. The van der Waals surface area contributed by atoms with E-state index in [1.165, 1.54) is 0 Å². The number of anilines is 3. The van der Waals surface area contributed by atoms with Crippen LogP contribution in [0.4, 0.5) is 17.5 Å². The third kappa shape index (κ3) is 2.66. The highest BCUT2D eigenvalue weighted by molar-refractivity contribution is 6.13. The van der Waals surface area contributed by atoms with Gasteiger partial charge in [-0.15, -0.1) is 0 Å². The van der Waals surface area contributed by atoms with Gasteiger partial charge in [-0.2, -0.15) is 4.98 Å². The zero-order valence-corrected chi connectivity index (χ0v) is 16.4. The summed E-state index contributed by atoms with van der Waals surface area (Å²) in [5.74, 6) is 1.06. The Balaban J connectivity index is 1.70. The summed E-state index contributed by atoms with van der Waals surface area (Å²) >= 11 is 0. The number of nitrogens with one attached hydrogen (secondary N) is 1. The van der Waals surface area contributed by atoms with Crippen molar-refractivity contribution in [3.63, 3.8) is 0 Å². The highest BCUT2D eigenvalue weighted by Gasteiger charge is 2.37. The fraction of sp³-hybridized carbons (Fsp3) is 0.333. The summed E-state index contributed by atoms with van der Waals surface area (Å²) in [5, 5.41) is 4.35. The number of hydrogen-bond acceptors (Lipinski definition) is 6. The van der Waals surface area contributed by atoms with Crippen molar-refractivity contribution >= 4 is 34.1 Å². The number of rotatable bonds is 2. The van der Waals surface area contributed by atoms with Gasteiger partial charge in [0.25, 0.3) is 11.5 Å². The maximum atomic E-state index is 13.6. The Morgan fingerprint density at radius 3 is 2.86 bits per heavy atom. The van der Waals surface area contributed by atoms with E-state index in [1.54, 1.807) is 36.0 Å². The number of carbonyl (C=O) groups is 1. The minimum absolute atomic E-state index is 0.0727. The van der Waals surface area contributed by atoms with E-state index in [0.29, 0.717) is 29.3 Å². The van der Waals surface area contributed by atoms with Crippen molar-refractivity contribution in [2.75, 3.05) is 35.3 Å². The Labute approximate surface area is 167 Å². The van der Waals surface area contributed by atoms with Gasteiger partial charge in [0.15, 0.2) is 0 Å². The van der Waals surface area contributed by atoms with E-state index in [2.05, 4.69) is 20.2 Å². The van der Waals surface area contributed by atoms with Crippen molar-refractivity contribution in [3.05, 3.63) is 52.6 Å². The van der Waals surface area contributed by atoms with Gasteiger partial charge in [0.2, 0.25) is 5.95 Å². The third-order valence-electron chi connectivity index (χ3n) is 5.90. The topological polar surface area (TPSA) is 83.4 Å². The molecule has 2 aliphatic rings. The molecule has 2 aromatic heterocycles. The molecule has 1 amide bonds. The molecule has 8 nitrogen and oxygen atoms in total. The molecule has 4 heterocycles. The minimum atomic E-state index is -0.134. The van der Waals surface area contributed by atoms with Gasteiger partial charge in [-0.3, -0.25) is 9.59 Å². The van der Waals surface area contributed by atoms with E-state index < -0.39 is 0 Å². The minimum Gasteiger partial charge on any atom is -0.357 e. The SMILES string of the molecule is CNc1ncc2c(n1)N1CCC[C@H]1CN(c1cccc3c(=O)n(C)ccc13)C2=O. The Bertz CT molecular complexity index is 1190. The zero-order valence-electron chi connectivity index (χ0n) is 16.4. The first-order valence-electron chi connectivity index (χ1n) is 9.80. The number of amides is 1. The molecule has 148 valence electrons. The molecule has 29 heavy (non-hydrogen) atoms. The molecule has 5 rings (SSSR count). The van der Waals surface area contributed by atoms with E-state index in [-0.39, 0.29) is 17.5 Å². The first-order chi connectivity index (χ1) is 14.1. The second-order valence-corrected chi connectivity index (χ2v) is 7.56. The molecule has 0 aliphatic carbocycles. The lowest BCUT2D eigenvalue weighted by Gasteiger charge is -2.27. The number of fused-ring (bicyclic) bond motifs is 4. The van der Waals surface area contributed by atoms with Crippen LogP contribution in [0.25, 0.3) is 10.8 Å². The summed E-state index contributed by atoms with van der Waals surface area (Å²) in [6.07, 6.45) is 5.40. The van der Waals surface area contributed by atoms with Crippen molar-refractivity contribution in [2.24, 2.45) is 7.05 Å². The summed E-state index contributed by atoms with van der Waals surface area (Å²) in [7, 11) is 3.50. The normalized spacial score (nSPS) is 18.6. The quantitative estimate of drug-likeness (QED) is 0.721. The summed E-state index contributed by atoms with van der Waals surface area (Å²) in [6, 6.07) is 7.64. The smallest absolute Gasteiger partial charge is 0.263 e. The highest BCUT2D eigenvalue weighted by Crippen LogP contribution is 2.35. The largest absolute Gasteiger partial charge is 0.357 e. The molecule has 1 N–H and O–H groups in total. The van der Waals surface area contributed by atoms with Gasteiger partial charge in [-0.1, -0.05) is 6.07 Å². The summed E-state index contributed by atoms with van der Waals surface area (Å²) in [6.45, 7) is 1.42. The average molecular weight is 390 g/mol. The third-order valence-corrected chi connectivity index (χ3v) is 5.90. The maximum Gasteiger partial charge on any atom is 0.263 e. The number of carbonyl (C=O) groups excluding carboxylic acids is 1. The van der Waals surface area contributed by atoms with Crippen LogP contribution >= 0.6 is 0 Å². The van der Waals surface area contributed by atoms with Gasteiger partial charge in [0.1, 0.15) is 11.4 Å². The molecular weight excluding hydrogens is 368 g/mol. The molecule has 3 aromatic rings. The van der Waals surface area contributed by atoms with Gasteiger partial charge in [-0.05, 0) is 31.0 Å². The fourth-order valence-electron chi connectivity index (χ4n) is 4.41. The van der Waals surface area contributed by atoms with Crippen LogP contribution in [-0.2, 0) is 7.05 Å². The van der Waals surface area contributed by atoms with Crippen LogP contribution in [0.15, 0.2) is 41.5 Å². The number of hydrogen-bond donors (Lipinski definition) is 1. The molecule has 1 fully saturated rings. The van der Waals surface area contributed by atoms with Crippen LogP contribution in [0.2, 0.25) is 0 Å². The van der Waals surface area contributed by atoms with Gasteiger partial charge < -0.3 is 19.7 Å². The molecule has 0 bridgehead atoms. The molecule has 0 spiro atoms. The second kappa shape index (κ2) is 6.58. The van der Waals surface area contributed by atoms with Gasteiger partial charge >= 0.3 is 0 Å². The van der Waals surface area contributed by atoms with E-state index in [0.717, 1.165) is 30.5 Å². The zero-order chi connectivity index (χ0) is 20.1. The Kier molecular flexibility index (Phi) is 4.01. The van der Waals surface area contributed by atoms with E-state index in [4.69, 9.17) is 0 Å². The van der Waals surface area contributed by atoms with Gasteiger partial charge in [0.05, 0.1) is 5.69 Å². The molecule has 0 saturated carbocycles. The fourth-order valence-corrected chi connectivity index (χ4v) is 4.41.